The van der Waals surface area contributed by atoms with Crippen LogP contribution in [0.4, 0.5) is 10.5 Å². The van der Waals surface area contributed by atoms with E-state index in [1.54, 1.807) is 25.1 Å². The van der Waals surface area contributed by atoms with Crippen LogP contribution in [0, 0.1) is 0 Å². The second-order valence-electron chi connectivity index (χ2n) is 6.17. The van der Waals surface area contributed by atoms with Crippen LogP contribution in [0.1, 0.15) is 22.8 Å². The van der Waals surface area contributed by atoms with Gasteiger partial charge in [-0.3, -0.25) is 19.3 Å². The van der Waals surface area contributed by atoms with Crippen LogP contribution in [0.25, 0.3) is 6.08 Å². The van der Waals surface area contributed by atoms with Crippen LogP contribution in [0.5, 0.6) is 0 Å². The van der Waals surface area contributed by atoms with Gasteiger partial charge in [0.05, 0.1) is 17.1 Å². The number of amides is 3. The number of nitrogens with one attached hydrogen (secondary N) is 1. The number of benzene rings is 2. The van der Waals surface area contributed by atoms with E-state index in [0.717, 1.165) is 26.7 Å². The number of nitrogens with zero attached hydrogens (tertiary/aromatic N) is 1. The van der Waals surface area contributed by atoms with E-state index in [2.05, 4.69) is 21.2 Å². The standard InChI is InChI=1S/C21H17BrN2O5S/c1-2-29-20(27)14-6-8-16(9-7-14)23-18(25)12-24-19(26)17(30-21(24)28)11-13-4-3-5-15(22)10-13/h3-11H,2,12H2,1H3,(H,23,25)/b17-11-. The van der Waals surface area contributed by atoms with Crippen molar-refractivity contribution in [2.75, 3.05) is 18.5 Å². The smallest absolute Gasteiger partial charge is 0.338 e. The Morgan fingerprint density at radius 2 is 1.90 bits per heavy atom. The quantitative estimate of drug-likeness (QED) is 0.481. The molecule has 7 nitrogen and oxygen atoms in total. The zero-order valence-electron chi connectivity index (χ0n) is 15.9. The molecular formula is C21H17BrN2O5S. The highest BCUT2D eigenvalue weighted by atomic mass is 79.9. The Kier molecular flexibility index (Phi) is 7.07. The molecule has 9 heteroatoms. The van der Waals surface area contributed by atoms with E-state index < -0.39 is 29.6 Å². The van der Waals surface area contributed by atoms with Gasteiger partial charge in [0.25, 0.3) is 11.1 Å². The number of hydrogen-bond acceptors (Lipinski definition) is 6. The molecule has 2 aromatic carbocycles. The van der Waals surface area contributed by atoms with Gasteiger partial charge in [0.15, 0.2) is 0 Å². The molecule has 0 radical (unpaired) electrons. The molecule has 0 atom stereocenters. The number of imide groups is 1. The first-order chi connectivity index (χ1) is 14.4. The van der Waals surface area contributed by atoms with E-state index in [9.17, 15) is 19.2 Å². The second kappa shape index (κ2) is 9.73. The van der Waals surface area contributed by atoms with E-state index in [4.69, 9.17) is 4.74 Å². The Bertz CT molecular complexity index is 1040. The third kappa shape index (κ3) is 5.37. The fourth-order valence-corrected chi connectivity index (χ4v) is 3.89. The van der Waals surface area contributed by atoms with E-state index >= 15 is 0 Å². The van der Waals surface area contributed by atoms with Crippen LogP contribution >= 0.6 is 27.7 Å². The molecule has 2 aromatic rings. The van der Waals surface area contributed by atoms with E-state index in [1.165, 1.54) is 12.1 Å². The summed E-state index contributed by atoms with van der Waals surface area (Å²) in [5.41, 5.74) is 1.56. The molecule has 0 aliphatic carbocycles. The Balaban J connectivity index is 1.63. The number of halogens is 1. The molecule has 0 spiro atoms. The minimum Gasteiger partial charge on any atom is -0.462 e. The number of esters is 1. The normalized spacial score (nSPS) is 14.9. The lowest BCUT2D eigenvalue weighted by molar-refractivity contribution is -0.127. The molecule has 0 saturated carbocycles. The molecule has 1 fully saturated rings. The van der Waals surface area contributed by atoms with Gasteiger partial charge in [0.2, 0.25) is 5.91 Å². The SMILES string of the molecule is CCOC(=O)c1ccc(NC(=O)CN2C(=O)S/C(=C\c3cccc(Br)c3)C2=O)cc1. The topological polar surface area (TPSA) is 92.8 Å². The zero-order valence-corrected chi connectivity index (χ0v) is 18.3. The average molecular weight is 489 g/mol. The Morgan fingerprint density at radius 1 is 1.17 bits per heavy atom. The summed E-state index contributed by atoms with van der Waals surface area (Å²) in [6.07, 6.45) is 1.61. The lowest BCUT2D eigenvalue weighted by atomic mass is 10.2. The summed E-state index contributed by atoms with van der Waals surface area (Å²) in [5, 5.41) is 2.10. The third-order valence-electron chi connectivity index (χ3n) is 4.00. The largest absolute Gasteiger partial charge is 0.462 e. The van der Waals surface area contributed by atoms with E-state index in [0.29, 0.717) is 11.3 Å². The lowest BCUT2D eigenvalue weighted by Crippen LogP contribution is -2.36. The Hall–Kier alpha value is -2.91. The average Bonchev–Trinajstić information content (AvgIpc) is 2.96. The van der Waals surface area contributed by atoms with Crippen LogP contribution in [0.3, 0.4) is 0 Å². The highest BCUT2D eigenvalue weighted by molar-refractivity contribution is 9.10. The fraction of sp³-hybridized carbons (Fsp3) is 0.143. The molecule has 1 aliphatic heterocycles. The van der Waals surface area contributed by atoms with Gasteiger partial charge in [-0.2, -0.15) is 0 Å². The van der Waals surface area contributed by atoms with Gasteiger partial charge in [0.1, 0.15) is 6.54 Å². The minimum absolute atomic E-state index is 0.254. The highest BCUT2D eigenvalue weighted by Gasteiger charge is 2.36. The van der Waals surface area contributed by atoms with Crippen LogP contribution in [0.15, 0.2) is 57.9 Å². The predicted molar refractivity (Wildman–Crippen MR) is 118 cm³/mol. The zero-order chi connectivity index (χ0) is 21.7. The Labute approximate surface area is 185 Å². The van der Waals surface area contributed by atoms with Gasteiger partial charge in [-0.05, 0) is 66.7 Å². The molecule has 3 amide bonds. The van der Waals surface area contributed by atoms with Crippen molar-refractivity contribution in [3.63, 3.8) is 0 Å². The Morgan fingerprint density at radius 3 is 2.57 bits per heavy atom. The first-order valence-corrected chi connectivity index (χ1v) is 10.6. The van der Waals surface area contributed by atoms with Crippen molar-refractivity contribution in [3.8, 4) is 0 Å². The van der Waals surface area contributed by atoms with Crippen LogP contribution < -0.4 is 5.32 Å². The molecule has 1 heterocycles. The third-order valence-corrected chi connectivity index (χ3v) is 5.40. The number of carbonyl (C=O) groups excluding carboxylic acids is 4. The van der Waals surface area contributed by atoms with Crippen molar-refractivity contribution in [1.82, 2.24) is 4.90 Å². The van der Waals surface area contributed by atoms with E-state index in [-0.39, 0.29) is 11.5 Å². The summed E-state index contributed by atoms with van der Waals surface area (Å²) in [4.78, 5) is 49.9. The van der Waals surface area contributed by atoms with Gasteiger partial charge in [-0.1, -0.05) is 28.1 Å². The van der Waals surface area contributed by atoms with Crippen LogP contribution in [-0.2, 0) is 14.3 Å². The maximum atomic E-state index is 12.5. The van der Waals surface area contributed by atoms with Crippen molar-refractivity contribution in [1.29, 1.82) is 0 Å². The maximum Gasteiger partial charge on any atom is 0.338 e. The van der Waals surface area contributed by atoms with Crippen molar-refractivity contribution in [3.05, 3.63) is 69.0 Å². The van der Waals surface area contributed by atoms with E-state index in [1.807, 2.05) is 24.3 Å². The van der Waals surface area contributed by atoms with Crippen molar-refractivity contribution < 1.29 is 23.9 Å². The van der Waals surface area contributed by atoms with Gasteiger partial charge in [-0.25, -0.2) is 4.79 Å². The van der Waals surface area contributed by atoms with Crippen molar-refractivity contribution in [2.45, 2.75) is 6.92 Å². The van der Waals surface area contributed by atoms with Crippen LogP contribution in [0.2, 0.25) is 0 Å². The summed E-state index contributed by atoms with van der Waals surface area (Å²) in [7, 11) is 0. The van der Waals surface area contributed by atoms with Crippen molar-refractivity contribution in [2.24, 2.45) is 0 Å². The number of rotatable bonds is 6. The molecule has 30 heavy (non-hydrogen) atoms. The number of carbonyl (C=O) groups is 4. The number of ether oxygens (including phenoxy) is 1. The highest BCUT2D eigenvalue weighted by Crippen LogP contribution is 2.32. The van der Waals surface area contributed by atoms with Crippen LogP contribution in [-0.4, -0.2) is 41.1 Å². The second-order valence-corrected chi connectivity index (χ2v) is 8.08. The summed E-state index contributed by atoms with van der Waals surface area (Å²) >= 11 is 4.15. The summed E-state index contributed by atoms with van der Waals surface area (Å²) in [5.74, 6) is -1.49. The lowest BCUT2D eigenvalue weighted by Gasteiger charge is -2.12. The summed E-state index contributed by atoms with van der Waals surface area (Å²) < 4.78 is 5.75. The predicted octanol–water partition coefficient (Wildman–Crippen LogP) is 4.30. The molecular weight excluding hydrogens is 472 g/mol. The molecule has 1 aliphatic rings. The number of thioether (sulfide) groups is 1. The molecule has 0 aromatic heterocycles. The molecule has 3 rings (SSSR count). The molecule has 1 saturated heterocycles. The molecule has 0 unspecified atom stereocenters. The number of anilines is 1. The number of hydrogen-bond donors (Lipinski definition) is 1. The van der Waals surface area contributed by atoms with Gasteiger partial charge >= 0.3 is 5.97 Å². The maximum absolute atomic E-state index is 12.5. The molecule has 1 N–H and O–H groups in total. The van der Waals surface area contributed by atoms with Gasteiger partial charge in [0, 0.05) is 10.2 Å². The fourth-order valence-electron chi connectivity index (χ4n) is 2.63. The first-order valence-electron chi connectivity index (χ1n) is 8.95. The minimum atomic E-state index is -0.523. The molecule has 154 valence electrons. The van der Waals surface area contributed by atoms with Crippen molar-refractivity contribution >= 4 is 62.5 Å². The van der Waals surface area contributed by atoms with Gasteiger partial charge in [-0.15, -0.1) is 0 Å². The first kappa shape index (κ1) is 21.8. The summed E-state index contributed by atoms with van der Waals surface area (Å²) in [6, 6.07) is 13.4. The monoisotopic (exact) mass is 488 g/mol. The van der Waals surface area contributed by atoms with Gasteiger partial charge < -0.3 is 10.1 Å². The summed E-state index contributed by atoms with van der Waals surface area (Å²) in [6.45, 7) is 1.58. The molecule has 0 bridgehead atoms.